The fraction of sp³-hybridized carbons (Fsp3) is 0.167. The van der Waals surface area contributed by atoms with E-state index in [1.54, 1.807) is 36.4 Å². The molecule has 0 aliphatic carbocycles. The topological polar surface area (TPSA) is 96.5 Å². The molecule has 0 aliphatic heterocycles. The highest BCUT2D eigenvalue weighted by atomic mass is 16.5. The number of hydrogen-bond acceptors (Lipinski definition) is 4. The summed E-state index contributed by atoms with van der Waals surface area (Å²) in [5, 5.41) is 7.38. The van der Waals surface area contributed by atoms with Crippen LogP contribution in [-0.2, 0) is 14.4 Å². The van der Waals surface area contributed by atoms with Crippen LogP contribution in [0.1, 0.15) is 5.56 Å². The van der Waals surface area contributed by atoms with E-state index >= 15 is 0 Å². The van der Waals surface area contributed by atoms with Crippen molar-refractivity contribution in [3.05, 3.63) is 54.1 Å². The number of nitrogens with one attached hydrogen (secondary N) is 3. The van der Waals surface area contributed by atoms with E-state index in [1.165, 1.54) is 7.11 Å². The first-order valence-electron chi connectivity index (χ1n) is 7.58. The lowest BCUT2D eigenvalue weighted by molar-refractivity contribution is -0.136. The van der Waals surface area contributed by atoms with Crippen molar-refractivity contribution in [2.75, 3.05) is 24.3 Å². The van der Waals surface area contributed by atoms with Crippen molar-refractivity contribution in [2.24, 2.45) is 0 Å². The molecule has 0 heterocycles. The highest BCUT2D eigenvalue weighted by molar-refractivity contribution is 6.39. The standard InChI is InChI=1S/C18H19N3O4/c1-12-6-3-4-9-15(12)21-16(22)11-19-17(23)18(24)20-13-7-5-8-14(10-13)25-2/h3-10H,11H2,1-2H3,(H,19,23)(H,20,24)(H,21,22). The second-order valence-electron chi connectivity index (χ2n) is 5.23. The van der Waals surface area contributed by atoms with Crippen LogP contribution in [0, 0.1) is 6.92 Å². The quantitative estimate of drug-likeness (QED) is 0.721. The van der Waals surface area contributed by atoms with Crippen molar-refractivity contribution < 1.29 is 19.1 Å². The number of carbonyl (C=O) groups is 3. The predicted octanol–water partition coefficient (Wildman–Crippen LogP) is 1.70. The van der Waals surface area contributed by atoms with Crippen LogP contribution in [0.25, 0.3) is 0 Å². The van der Waals surface area contributed by atoms with Gasteiger partial charge in [-0.2, -0.15) is 0 Å². The zero-order valence-electron chi connectivity index (χ0n) is 14.0. The largest absolute Gasteiger partial charge is 0.497 e. The van der Waals surface area contributed by atoms with Gasteiger partial charge in [-0.1, -0.05) is 24.3 Å². The summed E-state index contributed by atoms with van der Waals surface area (Å²) < 4.78 is 5.04. The molecule has 7 heteroatoms. The third kappa shape index (κ3) is 5.35. The third-order valence-electron chi connectivity index (χ3n) is 3.36. The van der Waals surface area contributed by atoms with Gasteiger partial charge in [0.25, 0.3) is 0 Å². The molecule has 2 rings (SSSR count). The Balaban J connectivity index is 1.83. The van der Waals surface area contributed by atoms with Gasteiger partial charge >= 0.3 is 11.8 Å². The van der Waals surface area contributed by atoms with Crippen LogP contribution >= 0.6 is 0 Å². The molecule has 0 atom stereocenters. The lowest BCUT2D eigenvalue weighted by Crippen LogP contribution is -2.39. The molecular weight excluding hydrogens is 322 g/mol. The molecule has 2 aromatic rings. The number of ether oxygens (including phenoxy) is 1. The number of anilines is 2. The Morgan fingerprint density at radius 3 is 2.44 bits per heavy atom. The number of benzene rings is 2. The Labute approximate surface area is 145 Å². The van der Waals surface area contributed by atoms with Gasteiger partial charge in [0, 0.05) is 17.4 Å². The molecule has 0 unspecified atom stereocenters. The van der Waals surface area contributed by atoms with Crippen molar-refractivity contribution in [2.45, 2.75) is 6.92 Å². The van der Waals surface area contributed by atoms with Gasteiger partial charge in [0.2, 0.25) is 5.91 Å². The molecule has 0 saturated heterocycles. The van der Waals surface area contributed by atoms with E-state index in [0.717, 1.165) is 5.56 Å². The summed E-state index contributed by atoms with van der Waals surface area (Å²) in [5.41, 5.74) is 1.98. The molecule has 0 aliphatic rings. The Kier molecular flexibility index (Phi) is 6.11. The number of para-hydroxylation sites is 1. The predicted molar refractivity (Wildman–Crippen MR) is 94.4 cm³/mol. The molecular formula is C18H19N3O4. The molecule has 0 bridgehead atoms. The molecule has 0 aromatic heterocycles. The molecule has 3 amide bonds. The van der Waals surface area contributed by atoms with Gasteiger partial charge in [0.1, 0.15) is 5.75 Å². The van der Waals surface area contributed by atoms with Crippen molar-refractivity contribution in [3.8, 4) is 5.75 Å². The van der Waals surface area contributed by atoms with E-state index in [0.29, 0.717) is 17.1 Å². The van der Waals surface area contributed by atoms with Crippen LogP contribution in [0.2, 0.25) is 0 Å². The van der Waals surface area contributed by atoms with Crippen LogP contribution in [0.5, 0.6) is 5.75 Å². The summed E-state index contributed by atoms with van der Waals surface area (Å²) in [6, 6.07) is 13.9. The minimum Gasteiger partial charge on any atom is -0.497 e. The number of rotatable bonds is 5. The normalized spacial score (nSPS) is 9.84. The fourth-order valence-electron chi connectivity index (χ4n) is 2.04. The lowest BCUT2D eigenvalue weighted by Gasteiger charge is -2.09. The number of carbonyl (C=O) groups excluding carboxylic acids is 3. The van der Waals surface area contributed by atoms with Crippen LogP contribution < -0.4 is 20.7 Å². The van der Waals surface area contributed by atoms with Crippen LogP contribution in [0.15, 0.2) is 48.5 Å². The molecule has 0 fully saturated rings. The maximum atomic E-state index is 11.9. The van der Waals surface area contributed by atoms with Crippen LogP contribution in [0.4, 0.5) is 11.4 Å². The van der Waals surface area contributed by atoms with Gasteiger partial charge < -0.3 is 20.7 Å². The monoisotopic (exact) mass is 341 g/mol. The molecule has 7 nitrogen and oxygen atoms in total. The summed E-state index contributed by atoms with van der Waals surface area (Å²) in [4.78, 5) is 35.5. The summed E-state index contributed by atoms with van der Waals surface area (Å²) in [6.45, 7) is 1.55. The molecule has 3 N–H and O–H groups in total. The number of methoxy groups -OCH3 is 1. The molecule has 0 saturated carbocycles. The molecule has 25 heavy (non-hydrogen) atoms. The zero-order chi connectivity index (χ0) is 18.2. The summed E-state index contributed by atoms with van der Waals surface area (Å²) >= 11 is 0. The first kappa shape index (κ1) is 18.0. The van der Waals surface area contributed by atoms with Gasteiger partial charge in [-0.05, 0) is 30.7 Å². The van der Waals surface area contributed by atoms with E-state index in [4.69, 9.17) is 4.74 Å². The molecule has 0 spiro atoms. The van der Waals surface area contributed by atoms with Crippen molar-refractivity contribution in [1.82, 2.24) is 5.32 Å². The summed E-state index contributed by atoms with van der Waals surface area (Å²) in [6.07, 6.45) is 0. The minimum absolute atomic E-state index is 0.307. The average Bonchev–Trinajstić information content (AvgIpc) is 2.61. The SMILES string of the molecule is COc1cccc(NC(=O)C(=O)NCC(=O)Nc2ccccc2C)c1. The van der Waals surface area contributed by atoms with Gasteiger partial charge in [-0.3, -0.25) is 14.4 Å². The minimum atomic E-state index is -0.900. The zero-order valence-corrected chi connectivity index (χ0v) is 14.0. The molecule has 2 aromatic carbocycles. The highest BCUT2D eigenvalue weighted by Gasteiger charge is 2.15. The summed E-state index contributed by atoms with van der Waals surface area (Å²) in [7, 11) is 1.50. The first-order chi connectivity index (χ1) is 12.0. The Bertz CT molecular complexity index is 789. The van der Waals surface area contributed by atoms with Gasteiger partial charge in [-0.25, -0.2) is 0 Å². The second-order valence-corrected chi connectivity index (χ2v) is 5.23. The van der Waals surface area contributed by atoms with E-state index in [1.807, 2.05) is 19.1 Å². The van der Waals surface area contributed by atoms with Crippen LogP contribution in [-0.4, -0.2) is 31.4 Å². The number of amides is 3. The van der Waals surface area contributed by atoms with Gasteiger partial charge in [-0.15, -0.1) is 0 Å². The van der Waals surface area contributed by atoms with Gasteiger partial charge in [0.05, 0.1) is 13.7 Å². The maximum absolute atomic E-state index is 11.9. The van der Waals surface area contributed by atoms with E-state index in [9.17, 15) is 14.4 Å². The third-order valence-corrected chi connectivity index (χ3v) is 3.36. The first-order valence-corrected chi connectivity index (χ1v) is 7.58. The fourth-order valence-corrected chi connectivity index (χ4v) is 2.04. The van der Waals surface area contributed by atoms with E-state index in [-0.39, 0.29) is 6.54 Å². The van der Waals surface area contributed by atoms with Crippen molar-refractivity contribution in [3.63, 3.8) is 0 Å². The summed E-state index contributed by atoms with van der Waals surface area (Å²) in [5.74, 6) is -1.63. The average molecular weight is 341 g/mol. The van der Waals surface area contributed by atoms with E-state index in [2.05, 4.69) is 16.0 Å². The van der Waals surface area contributed by atoms with Crippen molar-refractivity contribution in [1.29, 1.82) is 0 Å². The maximum Gasteiger partial charge on any atom is 0.313 e. The smallest absolute Gasteiger partial charge is 0.313 e. The van der Waals surface area contributed by atoms with Crippen molar-refractivity contribution >= 4 is 29.1 Å². The Morgan fingerprint density at radius 2 is 1.72 bits per heavy atom. The van der Waals surface area contributed by atoms with Crippen LogP contribution in [0.3, 0.4) is 0 Å². The Morgan fingerprint density at radius 1 is 0.960 bits per heavy atom. The lowest BCUT2D eigenvalue weighted by atomic mass is 10.2. The van der Waals surface area contributed by atoms with E-state index < -0.39 is 17.7 Å². The Hall–Kier alpha value is -3.35. The highest BCUT2D eigenvalue weighted by Crippen LogP contribution is 2.16. The molecule has 130 valence electrons. The number of aryl methyl sites for hydroxylation is 1. The van der Waals surface area contributed by atoms with Gasteiger partial charge in [0.15, 0.2) is 0 Å². The number of hydrogen-bond donors (Lipinski definition) is 3. The molecule has 0 radical (unpaired) electrons. The second kappa shape index (κ2) is 8.49.